The van der Waals surface area contributed by atoms with Gasteiger partial charge in [-0.15, -0.1) is 0 Å². The molecule has 0 spiro atoms. The van der Waals surface area contributed by atoms with Crippen molar-refractivity contribution in [3.63, 3.8) is 0 Å². The van der Waals surface area contributed by atoms with Crippen LogP contribution in [0.15, 0.2) is 45.5 Å². The number of hydrogen-bond donors (Lipinski definition) is 0. The van der Waals surface area contributed by atoms with Gasteiger partial charge in [0.1, 0.15) is 5.76 Å². The number of nitrogens with zero attached hydrogens (tertiary/aromatic N) is 2. The Hall–Kier alpha value is -3.26. The molecule has 0 bridgehead atoms. The van der Waals surface area contributed by atoms with Crippen LogP contribution in [-0.2, 0) is 16.1 Å². The van der Waals surface area contributed by atoms with E-state index in [0.29, 0.717) is 22.4 Å². The fourth-order valence-electron chi connectivity index (χ4n) is 2.62. The second kappa shape index (κ2) is 6.23. The van der Waals surface area contributed by atoms with Crippen LogP contribution in [0.1, 0.15) is 32.2 Å². The molecule has 2 aromatic heterocycles. The molecule has 3 heterocycles. The summed E-state index contributed by atoms with van der Waals surface area (Å²) in [5, 5.41) is 4.26. The summed E-state index contributed by atoms with van der Waals surface area (Å²) in [6.07, 6.45) is -0.215. The average Bonchev–Trinajstić information content (AvgIpc) is 3.33. The van der Waals surface area contributed by atoms with Crippen LogP contribution in [0.2, 0.25) is 0 Å². The van der Waals surface area contributed by atoms with Gasteiger partial charge in [-0.1, -0.05) is 17.2 Å². The molecule has 2 amide bonds. The highest BCUT2D eigenvalue weighted by atomic mass is 32.1. The lowest BCUT2D eigenvalue weighted by Gasteiger charge is -2.12. The molecule has 0 radical (unpaired) electrons. The summed E-state index contributed by atoms with van der Waals surface area (Å²) in [6.45, 7) is 1.69. The van der Waals surface area contributed by atoms with Crippen LogP contribution in [-0.4, -0.2) is 27.8 Å². The van der Waals surface area contributed by atoms with Crippen molar-refractivity contribution in [3.8, 4) is 11.5 Å². The summed E-state index contributed by atoms with van der Waals surface area (Å²) < 4.78 is 5.56. The molecule has 0 unspecified atom stereocenters. The van der Waals surface area contributed by atoms with Gasteiger partial charge < -0.3 is 9.25 Å². The molecule has 0 N–H and O–H groups in total. The van der Waals surface area contributed by atoms with Gasteiger partial charge in [-0.05, 0) is 30.5 Å². The Kier molecular flexibility index (Phi) is 3.89. The third kappa shape index (κ3) is 2.70. The number of carbonyl (C=O) groups is 3. The van der Waals surface area contributed by atoms with Gasteiger partial charge in [-0.3, -0.25) is 9.59 Å². The molecule has 1 aromatic carbocycles. The number of benzene rings is 1. The molecule has 7 nitrogen and oxygen atoms in total. The maximum atomic E-state index is 12.2. The van der Waals surface area contributed by atoms with Gasteiger partial charge in [-0.25, -0.2) is 9.78 Å². The summed E-state index contributed by atoms with van der Waals surface area (Å²) in [5.74, 6) is -1.20. The van der Waals surface area contributed by atoms with Crippen LogP contribution in [0.25, 0.3) is 11.5 Å². The molecule has 3 aromatic rings. The first kappa shape index (κ1) is 16.2. The number of aromatic nitrogens is 1. The lowest BCUT2D eigenvalue weighted by Crippen LogP contribution is -2.33. The van der Waals surface area contributed by atoms with Gasteiger partial charge in [0.2, 0.25) is 5.89 Å². The fourth-order valence-corrected chi connectivity index (χ4v) is 3.25. The maximum Gasteiger partial charge on any atom is 0.339 e. The highest BCUT2D eigenvalue weighted by Gasteiger charge is 2.38. The van der Waals surface area contributed by atoms with Crippen LogP contribution in [0, 0.1) is 6.92 Å². The minimum absolute atomic E-state index is 0.211. The molecule has 4 rings (SSSR count). The zero-order valence-electron chi connectivity index (χ0n) is 13.6. The first-order chi connectivity index (χ1) is 12.5. The van der Waals surface area contributed by atoms with Crippen LogP contribution in [0.4, 0.5) is 0 Å². The monoisotopic (exact) mass is 368 g/mol. The van der Waals surface area contributed by atoms with E-state index in [1.54, 1.807) is 19.1 Å². The van der Waals surface area contributed by atoms with Crippen LogP contribution >= 0.6 is 11.3 Å². The predicted molar refractivity (Wildman–Crippen MR) is 91.3 cm³/mol. The van der Waals surface area contributed by atoms with Crippen molar-refractivity contribution < 1.29 is 23.6 Å². The van der Waals surface area contributed by atoms with Crippen molar-refractivity contribution >= 4 is 29.1 Å². The highest BCUT2D eigenvalue weighted by molar-refractivity contribution is 7.08. The van der Waals surface area contributed by atoms with Crippen molar-refractivity contribution in [1.82, 2.24) is 10.0 Å². The third-order valence-corrected chi connectivity index (χ3v) is 4.61. The van der Waals surface area contributed by atoms with E-state index in [9.17, 15) is 14.4 Å². The number of fused-ring (bicyclic) bond motifs is 1. The summed E-state index contributed by atoms with van der Waals surface area (Å²) in [6, 6.07) is 8.16. The zero-order valence-corrected chi connectivity index (χ0v) is 14.4. The van der Waals surface area contributed by atoms with E-state index in [4.69, 9.17) is 9.25 Å². The summed E-state index contributed by atoms with van der Waals surface area (Å²) in [5.41, 5.74) is 1.64. The Morgan fingerprint density at radius 1 is 1.19 bits per heavy atom. The molecule has 0 aliphatic carbocycles. The number of amides is 2. The highest BCUT2D eigenvalue weighted by Crippen LogP contribution is 2.25. The Morgan fingerprint density at radius 3 is 2.50 bits per heavy atom. The van der Waals surface area contributed by atoms with Gasteiger partial charge in [0, 0.05) is 10.9 Å². The molecule has 1 aliphatic rings. The number of aryl methyl sites for hydroxylation is 1. The van der Waals surface area contributed by atoms with Gasteiger partial charge >= 0.3 is 5.97 Å². The minimum Gasteiger partial charge on any atom is -0.441 e. The smallest absolute Gasteiger partial charge is 0.339 e. The summed E-state index contributed by atoms with van der Waals surface area (Å²) in [7, 11) is 0. The summed E-state index contributed by atoms with van der Waals surface area (Å²) in [4.78, 5) is 45.9. The second-order valence-corrected chi connectivity index (χ2v) is 6.40. The molecule has 1 aliphatic heterocycles. The van der Waals surface area contributed by atoms with E-state index >= 15 is 0 Å². The standard InChI is InChI=1S/C18H12N2O5S/c1-10-14(19-16(24-10)11-6-7-26-9-11)8-15(21)25-20-17(22)12-4-2-3-5-13(12)18(20)23/h2-7,9H,8H2,1H3. The van der Waals surface area contributed by atoms with Gasteiger partial charge in [0.05, 0.1) is 23.2 Å². The SMILES string of the molecule is Cc1oc(-c2ccsc2)nc1CC(=O)ON1C(=O)c2ccccc2C1=O. The van der Waals surface area contributed by atoms with Crippen LogP contribution in [0.5, 0.6) is 0 Å². The van der Waals surface area contributed by atoms with Crippen molar-refractivity contribution in [1.29, 1.82) is 0 Å². The molecular formula is C18H12N2O5S. The third-order valence-electron chi connectivity index (χ3n) is 3.92. The van der Waals surface area contributed by atoms with E-state index in [-0.39, 0.29) is 17.5 Å². The van der Waals surface area contributed by atoms with Gasteiger partial charge in [-0.2, -0.15) is 11.3 Å². The van der Waals surface area contributed by atoms with Crippen molar-refractivity contribution in [3.05, 3.63) is 63.7 Å². The molecule has 0 atom stereocenters. The Bertz CT molecular complexity index is 987. The van der Waals surface area contributed by atoms with E-state index in [0.717, 1.165) is 5.56 Å². The lowest BCUT2D eigenvalue weighted by molar-refractivity contribution is -0.167. The number of hydroxylamine groups is 2. The van der Waals surface area contributed by atoms with Crippen molar-refractivity contribution in [2.45, 2.75) is 13.3 Å². The first-order valence-electron chi connectivity index (χ1n) is 7.72. The lowest BCUT2D eigenvalue weighted by atomic mass is 10.1. The number of rotatable bonds is 4. The van der Waals surface area contributed by atoms with E-state index < -0.39 is 17.8 Å². The molecule has 26 heavy (non-hydrogen) atoms. The predicted octanol–water partition coefficient (Wildman–Crippen LogP) is 3.01. The Labute approximate surface area is 151 Å². The van der Waals surface area contributed by atoms with E-state index in [1.165, 1.54) is 23.5 Å². The molecule has 130 valence electrons. The Morgan fingerprint density at radius 2 is 1.88 bits per heavy atom. The normalized spacial score (nSPS) is 13.2. The average molecular weight is 368 g/mol. The molecule has 0 saturated heterocycles. The van der Waals surface area contributed by atoms with E-state index in [1.807, 2.05) is 16.8 Å². The number of carbonyl (C=O) groups excluding carboxylic acids is 3. The minimum atomic E-state index is -0.771. The quantitative estimate of drug-likeness (QED) is 0.658. The molecular weight excluding hydrogens is 356 g/mol. The van der Waals surface area contributed by atoms with Crippen molar-refractivity contribution in [2.24, 2.45) is 0 Å². The number of hydrogen-bond acceptors (Lipinski definition) is 7. The van der Waals surface area contributed by atoms with E-state index in [2.05, 4.69) is 4.98 Å². The van der Waals surface area contributed by atoms with Gasteiger partial charge in [0.25, 0.3) is 11.8 Å². The molecule has 0 saturated carbocycles. The topological polar surface area (TPSA) is 89.7 Å². The van der Waals surface area contributed by atoms with Gasteiger partial charge in [0.15, 0.2) is 0 Å². The number of imide groups is 1. The zero-order chi connectivity index (χ0) is 18.3. The second-order valence-electron chi connectivity index (χ2n) is 5.62. The van der Waals surface area contributed by atoms with Crippen molar-refractivity contribution in [2.75, 3.05) is 0 Å². The largest absolute Gasteiger partial charge is 0.441 e. The van der Waals surface area contributed by atoms with Crippen LogP contribution < -0.4 is 0 Å². The molecule has 0 fully saturated rings. The Balaban J connectivity index is 1.49. The number of oxazole rings is 1. The molecule has 8 heteroatoms. The first-order valence-corrected chi connectivity index (χ1v) is 8.66. The van der Waals surface area contributed by atoms with Crippen LogP contribution in [0.3, 0.4) is 0 Å². The maximum absolute atomic E-state index is 12.2. The number of thiophene rings is 1. The fraction of sp³-hybridized carbons (Fsp3) is 0.111. The summed E-state index contributed by atoms with van der Waals surface area (Å²) >= 11 is 1.51.